The zero-order valence-corrected chi connectivity index (χ0v) is 17.7. The zero-order chi connectivity index (χ0) is 18.7. The summed E-state index contributed by atoms with van der Waals surface area (Å²) in [7, 11) is 3.04. The Morgan fingerprint density at radius 1 is 1.22 bits per heavy atom. The van der Waals surface area contributed by atoms with Crippen molar-refractivity contribution in [2.75, 3.05) is 27.2 Å². The van der Waals surface area contributed by atoms with Crippen molar-refractivity contribution < 1.29 is 18.3 Å². The van der Waals surface area contributed by atoms with E-state index in [1.54, 1.807) is 11.9 Å². The first-order valence-electron chi connectivity index (χ1n) is 8.80. The van der Waals surface area contributed by atoms with Crippen molar-refractivity contribution >= 4 is 36.0 Å². The topological polar surface area (TPSA) is 66.0 Å². The minimum atomic E-state index is -0.502. The van der Waals surface area contributed by atoms with Crippen LogP contribution in [0.4, 0.5) is 13.6 Å². The third kappa shape index (κ3) is 5.20. The van der Waals surface area contributed by atoms with E-state index in [9.17, 15) is 13.6 Å². The summed E-state index contributed by atoms with van der Waals surface area (Å²) in [4.78, 5) is 17.4. The van der Waals surface area contributed by atoms with Crippen molar-refractivity contribution in [3.05, 3.63) is 35.4 Å². The van der Waals surface area contributed by atoms with Gasteiger partial charge in [-0.2, -0.15) is 0 Å². The van der Waals surface area contributed by atoms with Crippen LogP contribution in [0.3, 0.4) is 0 Å². The second kappa shape index (κ2) is 9.52. The van der Waals surface area contributed by atoms with E-state index >= 15 is 0 Å². The van der Waals surface area contributed by atoms with Gasteiger partial charge in [-0.15, -0.1) is 24.0 Å². The molecule has 1 saturated heterocycles. The van der Waals surface area contributed by atoms with Crippen molar-refractivity contribution in [3.8, 4) is 0 Å². The quantitative estimate of drug-likeness (QED) is 0.386. The van der Waals surface area contributed by atoms with Gasteiger partial charge in [-0.3, -0.25) is 4.99 Å². The molecule has 27 heavy (non-hydrogen) atoms. The zero-order valence-electron chi connectivity index (χ0n) is 15.4. The molecule has 9 heteroatoms. The van der Waals surface area contributed by atoms with E-state index in [0.29, 0.717) is 25.5 Å². The van der Waals surface area contributed by atoms with Crippen molar-refractivity contribution in [1.82, 2.24) is 15.5 Å². The van der Waals surface area contributed by atoms with Gasteiger partial charge < -0.3 is 20.3 Å². The minimum Gasteiger partial charge on any atom is -0.453 e. The van der Waals surface area contributed by atoms with Crippen molar-refractivity contribution in [1.29, 1.82) is 0 Å². The van der Waals surface area contributed by atoms with Crippen molar-refractivity contribution in [3.63, 3.8) is 0 Å². The molecule has 1 aromatic rings. The lowest BCUT2D eigenvalue weighted by Crippen LogP contribution is -2.50. The van der Waals surface area contributed by atoms with Crippen LogP contribution in [0.25, 0.3) is 0 Å². The molecule has 2 fully saturated rings. The number of carbonyl (C=O) groups is 1. The third-order valence-electron chi connectivity index (χ3n) is 4.98. The van der Waals surface area contributed by atoms with Gasteiger partial charge in [-0.05, 0) is 31.4 Å². The summed E-state index contributed by atoms with van der Waals surface area (Å²) in [5.41, 5.74) is 0.145. The van der Waals surface area contributed by atoms with Gasteiger partial charge in [0, 0.05) is 43.7 Å². The molecule has 1 aliphatic heterocycles. The number of amides is 1. The average molecular weight is 494 g/mol. The molecule has 1 amide bonds. The number of methoxy groups -OCH3 is 1. The molecular formula is C18H25F2IN4O2. The van der Waals surface area contributed by atoms with E-state index in [1.807, 2.05) is 0 Å². The molecule has 150 valence electrons. The number of halogens is 3. The van der Waals surface area contributed by atoms with Crippen LogP contribution in [0, 0.1) is 11.6 Å². The molecule has 2 aliphatic rings. The number of carbonyl (C=O) groups excluding carboxylic acids is 1. The molecule has 2 atom stereocenters. The van der Waals surface area contributed by atoms with Crippen molar-refractivity contribution in [2.45, 2.75) is 37.3 Å². The molecule has 1 heterocycles. The van der Waals surface area contributed by atoms with Gasteiger partial charge in [-0.25, -0.2) is 13.6 Å². The molecule has 2 unspecified atom stereocenters. The molecule has 1 aromatic carbocycles. The fourth-order valence-corrected chi connectivity index (χ4v) is 3.41. The Morgan fingerprint density at radius 3 is 2.41 bits per heavy atom. The smallest absolute Gasteiger partial charge is 0.409 e. The van der Waals surface area contributed by atoms with Crippen LogP contribution in [0.5, 0.6) is 0 Å². The van der Waals surface area contributed by atoms with Gasteiger partial charge in [0.1, 0.15) is 11.6 Å². The summed E-state index contributed by atoms with van der Waals surface area (Å²) >= 11 is 0. The first kappa shape index (κ1) is 21.6. The predicted molar refractivity (Wildman–Crippen MR) is 110 cm³/mol. The van der Waals surface area contributed by atoms with Gasteiger partial charge in [0.05, 0.1) is 7.11 Å². The fraction of sp³-hybridized carbons (Fsp3) is 0.556. The first-order chi connectivity index (χ1) is 12.5. The maximum atomic E-state index is 13.9. The van der Waals surface area contributed by atoms with Gasteiger partial charge in [0.15, 0.2) is 5.96 Å². The van der Waals surface area contributed by atoms with Crippen LogP contribution in [0.2, 0.25) is 0 Å². The van der Waals surface area contributed by atoms with Crippen LogP contribution in [-0.2, 0) is 4.74 Å². The third-order valence-corrected chi connectivity index (χ3v) is 4.98. The number of aliphatic imine (C=N–C) groups is 1. The van der Waals surface area contributed by atoms with Crippen LogP contribution < -0.4 is 10.6 Å². The normalized spacial score (nSPS) is 22.7. The lowest BCUT2D eigenvalue weighted by atomic mass is 10.1. The number of likely N-dealkylation sites (tertiary alicyclic amines) is 1. The highest BCUT2D eigenvalue weighted by atomic mass is 127. The molecule has 3 rings (SSSR count). The number of hydrogen-bond donors (Lipinski definition) is 2. The maximum Gasteiger partial charge on any atom is 0.409 e. The SMILES string of the molecule is CN=C(NC1CCN(C(=O)OC)CC1)NC1CC1c1c(F)cccc1F.I. The summed E-state index contributed by atoms with van der Waals surface area (Å²) < 4.78 is 32.5. The number of nitrogens with zero attached hydrogens (tertiary/aromatic N) is 2. The molecule has 0 bridgehead atoms. The fourth-order valence-electron chi connectivity index (χ4n) is 3.41. The standard InChI is InChI=1S/C18H24F2N4O2.HI/c1-21-17(22-11-6-8-24(9-7-11)18(25)26-2)23-15-10-12(15)16-13(19)4-3-5-14(16)20;/h3-5,11-12,15H,6-10H2,1-2H3,(H2,21,22,23);1H. The molecule has 1 aliphatic carbocycles. The summed E-state index contributed by atoms with van der Waals surface area (Å²) in [6.07, 6.45) is 1.93. The Kier molecular flexibility index (Phi) is 7.63. The average Bonchev–Trinajstić information content (AvgIpc) is 3.39. The largest absolute Gasteiger partial charge is 0.453 e. The van der Waals surface area contributed by atoms with Gasteiger partial charge in [0.25, 0.3) is 0 Å². The summed E-state index contributed by atoms with van der Waals surface area (Å²) in [6.45, 7) is 1.24. The number of guanidine groups is 1. The Bertz CT molecular complexity index is 676. The number of piperidine rings is 1. The van der Waals surface area contributed by atoms with Gasteiger partial charge in [0.2, 0.25) is 0 Å². The number of rotatable bonds is 3. The monoisotopic (exact) mass is 494 g/mol. The summed E-state index contributed by atoms with van der Waals surface area (Å²) in [5, 5.41) is 6.56. The number of benzene rings is 1. The molecule has 6 nitrogen and oxygen atoms in total. The first-order valence-corrected chi connectivity index (χ1v) is 8.80. The molecule has 0 spiro atoms. The minimum absolute atomic E-state index is 0. The second-order valence-corrected chi connectivity index (χ2v) is 6.68. The Hall–Kier alpha value is -1.65. The summed E-state index contributed by atoms with van der Waals surface area (Å²) in [5.74, 6) is -0.573. The molecular weight excluding hydrogens is 469 g/mol. The van der Waals surface area contributed by atoms with E-state index in [0.717, 1.165) is 12.8 Å². The highest BCUT2D eigenvalue weighted by Gasteiger charge is 2.42. The van der Waals surface area contributed by atoms with E-state index in [2.05, 4.69) is 15.6 Å². The van der Waals surface area contributed by atoms with Crippen LogP contribution >= 0.6 is 24.0 Å². The maximum absolute atomic E-state index is 13.9. The summed E-state index contributed by atoms with van der Waals surface area (Å²) in [6, 6.07) is 4.10. The second-order valence-electron chi connectivity index (χ2n) is 6.68. The van der Waals surface area contributed by atoms with Crippen LogP contribution in [0.15, 0.2) is 23.2 Å². The highest BCUT2D eigenvalue weighted by molar-refractivity contribution is 14.0. The molecule has 1 saturated carbocycles. The Morgan fingerprint density at radius 2 is 1.85 bits per heavy atom. The molecule has 2 N–H and O–H groups in total. The highest BCUT2D eigenvalue weighted by Crippen LogP contribution is 2.43. The van der Waals surface area contributed by atoms with E-state index in [4.69, 9.17) is 4.74 Å². The number of hydrogen-bond acceptors (Lipinski definition) is 3. The van der Waals surface area contributed by atoms with Gasteiger partial charge in [-0.1, -0.05) is 6.07 Å². The number of ether oxygens (including phenoxy) is 1. The lowest BCUT2D eigenvalue weighted by Gasteiger charge is -2.32. The van der Waals surface area contributed by atoms with Crippen molar-refractivity contribution in [2.24, 2.45) is 4.99 Å². The number of nitrogens with one attached hydrogen (secondary N) is 2. The lowest BCUT2D eigenvalue weighted by molar-refractivity contribution is 0.111. The van der Waals surface area contributed by atoms with E-state index < -0.39 is 11.6 Å². The predicted octanol–water partition coefficient (Wildman–Crippen LogP) is 2.83. The Balaban J connectivity index is 0.00000261. The van der Waals surface area contributed by atoms with Crippen LogP contribution in [-0.4, -0.2) is 56.3 Å². The van der Waals surface area contributed by atoms with E-state index in [1.165, 1.54) is 25.3 Å². The Labute approximate surface area is 174 Å². The van der Waals surface area contributed by atoms with Gasteiger partial charge >= 0.3 is 6.09 Å². The molecule has 0 radical (unpaired) electrons. The van der Waals surface area contributed by atoms with E-state index in [-0.39, 0.29) is 53.6 Å². The molecule has 0 aromatic heterocycles. The van der Waals surface area contributed by atoms with Crippen LogP contribution in [0.1, 0.15) is 30.7 Å².